The van der Waals surface area contributed by atoms with Crippen LogP contribution in [0.5, 0.6) is 5.75 Å². The van der Waals surface area contributed by atoms with E-state index in [2.05, 4.69) is 24.9 Å². The van der Waals surface area contributed by atoms with E-state index in [1.165, 1.54) is 5.75 Å². The van der Waals surface area contributed by atoms with E-state index in [9.17, 15) is 0 Å². The SMILES string of the molecule is COc1ccccc1N(C)C1(CN)CSCC1C. The first-order chi connectivity index (χ1) is 8.65. The van der Waals surface area contributed by atoms with Gasteiger partial charge in [0.1, 0.15) is 5.75 Å². The summed E-state index contributed by atoms with van der Waals surface area (Å²) in [6.07, 6.45) is 0. The zero-order chi connectivity index (χ0) is 13.2. The summed E-state index contributed by atoms with van der Waals surface area (Å²) in [6, 6.07) is 8.15. The van der Waals surface area contributed by atoms with Crippen molar-refractivity contribution in [1.82, 2.24) is 0 Å². The number of benzene rings is 1. The molecule has 0 radical (unpaired) electrons. The number of hydrogen-bond acceptors (Lipinski definition) is 4. The maximum Gasteiger partial charge on any atom is 0.142 e. The van der Waals surface area contributed by atoms with Crippen LogP contribution in [0.15, 0.2) is 24.3 Å². The van der Waals surface area contributed by atoms with Crippen molar-refractivity contribution in [1.29, 1.82) is 0 Å². The number of hydrogen-bond donors (Lipinski definition) is 1. The number of nitrogens with zero attached hydrogens (tertiary/aromatic N) is 1. The first-order valence-electron chi connectivity index (χ1n) is 6.30. The first-order valence-corrected chi connectivity index (χ1v) is 7.46. The molecule has 18 heavy (non-hydrogen) atoms. The average Bonchev–Trinajstić information content (AvgIpc) is 2.80. The molecule has 100 valence electrons. The molecule has 2 N–H and O–H groups in total. The molecule has 1 saturated heterocycles. The summed E-state index contributed by atoms with van der Waals surface area (Å²) in [5, 5.41) is 0. The van der Waals surface area contributed by atoms with Gasteiger partial charge >= 0.3 is 0 Å². The number of para-hydroxylation sites is 2. The zero-order valence-corrected chi connectivity index (χ0v) is 12.2. The smallest absolute Gasteiger partial charge is 0.142 e. The molecule has 1 aromatic carbocycles. The van der Waals surface area contributed by atoms with Crippen molar-refractivity contribution in [3.63, 3.8) is 0 Å². The lowest BCUT2D eigenvalue weighted by Gasteiger charge is -2.43. The number of rotatable bonds is 4. The predicted octanol–water partition coefficient (Wildman–Crippen LogP) is 2.21. The van der Waals surface area contributed by atoms with Gasteiger partial charge in [0.05, 0.1) is 18.3 Å². The van der Waals surface area contributed by atoms with Gasteiger partial charge in [-0.05, 0) is 23.8 Å². The molecule has 1 aliphatic rings. The molecule has 0 amide bonds. The van der Waals surface area contributed by atoms with Crippen LogP contribution < -0.4 is 15.4 Å². The summed E-state index contributed by atoms with van der Waals surface area (Å²) in [4.78, 5) is 2.32. The number of anilines is 1. The predicted molar refractivity (Wildman–Crippen MR) is 79.7 cm³/mol. The fraction of sp³-hybridized carbons (Fsp3) is 0.571. The fourth-order valence-corrected chi connectivity index (χ4v) is 4.41. The Morgan fingerprint density at radius 2 is 2.22 bits per heavy atom. The molecule has 0 saturated carbocycles. The van der Waals surface area contributed by atoms with Crippen molar-refractivity contribution < 1.29 is 4.74 Å². The van der Waals surface area contributed by atoms with Gasteiger partial charge in [0.2, 0.25) is 0 Å². The van der Waals surface area contributed by atoms with Gasteiger partial charge in [-0.3, -0.25) is 0 Å². The first kappa shape index (κ1) is 13.6. The normalized spacial score (nSPS) is 27.2. The second-order valence-corrected chi connectivity index (χ2v) is 5.98. The lowest BCUT2D eigenvalue weighted by atomic mass is 9.86. The van der Waals surface area contributed by atoms with Gasteiger partial charge in [0, 0.05) is 19.3 Å². The van der Waals surface area contributed by atoms with Gasteiger partial charge in [-0.2, -0.15) is 11.8 Å². The number of ether oxygens (including phenoxy) is 1. The molecule has 1 aliphatic heterocycles. The minimum Gasteiger partial charge on any atom is -0.495 e. The minimum atomic E-state index is 0.0410. The van der Waals surface area contributed by atoms with Crippen molar-refractivity contribution >= 4 is 17.4 Å². The van der Waals surface area contributed by atoms with Crippen molar-refractivity contribution in [2.24, 2.45) is 11.7 Å². The Hall–Kier alpha value is -0.870. The van der Waals surface area contributed by atoms with Crippen LogP contribution in [0.4, 0.5) is 5.69 Å². The monoisotopic (exact) mass is 266 g/mol. The summed E-state index contributed by atoms with van der Waals surface area (Å²) in [7, 11) is 3.85. The Morgan fingerprint density at radius 3 is 2.78 bits per heavy atom. The van der Waals surface area contributed by atoms with Gasteiger partial charge in [0.15, 0.2) is 0 Å². The van der Waals surface area contributed by atoms with E-state index in [4.69, 9.17) is 10.5 Å². The van der Waals surface area contributed by atoms with Gasteiger partial charge in [-0.25, -0.2) is 0 Å². The Balaban J connectivity index is 2.37. The number of likely N-dealkylation sites (N-methyl/N-ethyl adjacent to an activating group) is 1. The van der Waals surface area contributed by atoms with E-state index < -0.39 is 0 Å². The van der Waals surface area contributed by atoms with Crippen LogP contribution in [0.2, 0.25) is 0 Å². The molecule has 0 aliphatic carbocycles. The zero-order valence-electron chi connectivity index (χ0n) is 11.3. The van der Waals surface area contributed by atoms with Crippen molar-refractivity contribution in [2.75, 3.05) is 37.1 Å². The van der Waals surface area contributed by atoms with Crippen LogP contribution in [0.3, 0.4) is 0 Å². The van der Waals surface area contributed by atoms with Gasteiger partial charge in [0.25, 0.3) is 0 Å². The standard InChI is InChI=1S/C14H22N2OS/c1-11-8-18-10-14(11,9-15)16(2)12-6-4-5-7-13(12)17-3/h4-7,11H,8-10,15H2,1-3H3. The highest BCUT2D eigenvalue weighted by Gasteiger charge is 2.43. The quantitative estimate of drug-likeness (QED) is 0.907. The van der Waals surface area contributed by atoms with Crippen LogP contribution in [-0.4, -0.2) is 37.7 Å². The molecule has 0 aromatic heterocycles. The summed E-state index contributed by atoms with van der Waals surface area (Å²) >= 11 is 1.99. The molecule has 2 atom stereocenters. The average molecular weight is 266 g/mol. The largest absolute Gasteiger partial charge is 0.495 e. The molecule has 2 unspecified atom stereocenters. The van der Waals surface area contributed by atoms with Crippen molar-refractivity contribution in [3.8, 4) is 5.75 Å². The van der Waals surface area contributed by atoms with E-state index in [0.29, 0.717) is 12.5 Å². The topological polar surface area (TPSA) is 38.5 Å². The van der Waals surface area contributed by atoms with E-state index in [1.807, 2.05) is 30.0 Å². The highest BCUT2D eigenvalue weighted by Crippen LogP contribution is 2.41. The van der Waals surface area contributed by atoms with Gasteiger partial charge in [-0.1, -0.05) is 19.1 Å². The summed E-state index contributed by atoms with van der Waals surface area (Å²) < 4.78 is 5.46. The van der Waals surface area contributed by atoms with Gasteiger partial charge < -0.3 is 15.4 Å². The fourth-order valence-electron chi connectivity index (χ4n) is 2.68. The Bertz CT molecular complexity index is 413. The van der Waals surface area contributed by atoms with E-state index in [1.54, 1.807) is 7.11 Å². The van der Waals surface area contributed by atoms with Crippen molar-refractivity contribution in [2.45, 2.75) is 12.5 Å². The van der Waals surface area contributed by atoms with E-state index >= 15 is 0 Å². The molecular weight excluding hydrogens is 244 g/mol. The third kappa shape index (κ3) is 2.08. The second kappa shape index (κ2) is 5.41. The van der Waals surface area contributed by atoms with Crippen LogP contribution in [-0.2, 0) is 0 Å². The summed E-state index contributed by atoms with van der Waals surface area (Å²) in [5.41, 5.74) is 7.26. The molecule has 1 heterocycles. The molecule has 3 nitrogen and oxygen atoms in total. The summed E-state index contributed by atoms with van der Waals surface area (Å²) in [5.74, 6) is 3.76. The molecule has 4 heteroatoms. The highest BCUT2D eigenvalue weighted by atomic mass is 32.2. The Kier molecular flexibility index (Phi) is 4.07. The van der Waals surface area contributed by atoms with Crippen LogP contribution in [0, 0.1) is 5.92 Å². The molecular formula is C14H22N2OS. The number of thioether (sulfide) groups is 1. The van der Waals surface area contributed by atoms with Crippen LogP contribution in [0.1, 0.15) is 6.92 Å². The Labute approximate surface area is 114 Å². The van der Waals surface area contributed by atoms with E-state index in [0.717, 1.165) is 17.2 Å². The lowest BCUT2D eigenvalue weighted by Crippen LogP contribution is -2.56. The molecule has 0 bridgehead atoms. The molecule has 0 spiro atoms. The molecule has 1 aromatic rings. The molecule has 1 fully saturated rings. The third-order valence-corrected chi connectivity index (χ3v) is 5.54. The summed E-state index contributed by atoms with van der Waals surface area (Å²) in [6.45, 7) is 2.97. The van der Waals surface area contributed by atoms with Gasteiger partial charge in [-0.15, -0.1) is 0 Å². The van der Waals surface area contributed by atoms with E-state index in [-0.39, 0.29) is 5.54 Å². The number of methoxy groups -OCH3 is 1. The molecule has 2 rings (SSSR count). The lowest BCUT2D eigenvalue weighted by molar-refractivity contribution is 0.353. The maximum atomic E-state index is 6.09. The number of nitrogens with two attached hydrogens (primary N) is 1. The Morgan fingerprint density at radius 1 is 1.50 bits per heavy atom. The minimum absolute atomic E-state index is 0.0410. The van der Waals surface area contributed by atoms with Crippen LogP contribution in [0.25, 0.3) is 0 Å². The van der Waals surface area contributed by atoms with Crippen LogP contribution >= 0.6 is 11.8 Å². The maximum absolute atomic E-state index is 6.09. The highest BCUT2D eigenvalue weighted by molar-refractivity contribution is 7.99. The van der Waals surface area contributed by atoms with Crippen molar-refractivity contribution in [3.05, 3.63) is 24.3 Å². The third-order valence-electron chi connectivity index (χ3n) is 4.11. The second-order valence-electron chi connectivity index (χ2n) is 4.95.